The zero-order valence-electron chi connectivity index (χ0n) is 25.7. The van der Waals surface area contributed by atoms with Crippen molar-refractivity contribution in [2.24, 2.45) is 11.8 Å². The lowest BCUT2D eigenvalue weighted by Crippen LogP contribution is -2.50. The highest BCUT2D eigenvalue weighted by Gasteiger charge is 2.43. The van der Waals surface area contributed by atoms with Crippen molar-refractivity contribution >= 4 is 12.0 Å². The number of piperidine rings is 1. The fourth-order valence-electron chi connectivity index (χ4n) is 5.86. The number of carbonyl (C=O) groups is 2. The molecule has 0 unspecified atom stereocenters. The molecule has 2 aliphatic heterocycles. The summed E-state index contributed by atoms with van der Waals surface area (Å²) < 4.78 is 26.1. The minimum Gasteiger partial charge on any atom is -0.493 e. The van der Waals surface area contributed by atoms with E-state index in [4.69, 9.17) is 14.6 Å². The van der Waals surface area contributed by atoms with Gasteiger partial charge in [-0.2, -0.15) is 0 Å². The summed E-state index contributed by atoms with van der Waals surface area (Å²) in [5, 5.41) is 47.9. The largest absolute Gasteiger partial charge is 0.493 e. The molecule has 44 heavy (non-hydrogen) atoms. The molecule has 1 aliphatic carbocycles. The summed E-state index contributed by atoms with van der Waals surface area (Å²) in [4.78, 5) is 28.4. The molecule has 1 aromatic carbocycles. The summed E-state index contributed by atoms with van der Waals surface area (Å²) in [7, 11) is 0. The number of amides is 2. The Bertz CT molecular complexity index is 1090. The van der Waals surface area contributed by atoms with E-state index in [-0.39, 0.29) is 36.4 Å². The van der Waals surface area contributed by atoms with Gasteiger partial charge in [0.05, 0.1) is 25.7 Å². The summed E-state index contributed by atoms with van der Waals surface area (Å²) in [6.45, 7) is 4.22. The lowest BCUT2D eigenvalue weighted by molar-refractivity contribution is -0.137. The topological polar surface area (TPSA) is 160 Å². The van der Waals surface area contributed by atoms with Crippen LogP contribution in [0.15, 0.2) is 18.2 Å². The second kappa shape index (κ2) is 15.7. The number of likely N-dealkylation sites (tertiary alicyclic amines) is 2. The fourth-order valence-corrected chi connectivity index (χ4v) is 5.86. The van der Waals surface area contributed by atoms with E-state index in [1.807, 2.05) is 6.92 Å². The Balaban J connectivity index is 1.07. The second-order valence-electron chi connectivity index (χ2n) is 13.1. The van der Waals surface area contributed by atoms with Crippen LogP contribution in [0, 0.1) is 17.7 Å². The van der Waals surface area contributed by atoms with E-state index in [0.717, 1.165) is 38.5 Å². The van der Waals surface area contributed by atoms with Crippen LogP contribution in [0.3, 0.4) is 0 Å². The maximum absolute atomic E-state index is 14.7. The molecular formula is C32H49FN2O9. The zero-order valence-corrected chi connectivity index (χ0v) is 25.7. The molecular weight excluding hydrogens is 575 g/mol. The Labute approximate surface area is 258 Å². The fraction of sp³-hybridized carbons (Fsp3) is 0.750. The predicted octanol–water partition coefficient (Wildman–Crippen LogP) is 1.99. The van der Waals surface area contributed by atoms with Crippen LogP contribution in [-0.4, -0.2) is 117 Å². The van der Waals surface area contributed by atoms with Crippen molar-refractivity contribution in [1.29, 1.82) is 0 Å². The smallest absolute Gasteiger partial charge is 0.410 e. The normalized spacial score (nSPS) is 21.2. The number of rotatable bonds is 16. The molecule has 1 aromatic rings. The molecule has 11 nitrogen and oxygen atoms in total. The summed E-state index contributed by atoms with van der Waals surface area (Å²) in [5.74, 6) is 0.549. The van der Waals surface area contributed by atoms with Gasteiger partial charge in [0, 0.05) is 32.2 Å². The highest BCUT2D eigenvalue weighted by molar-refractivity contribution is 5.79. The molecule has 2 saturated heterocycles. The van der Waals surface area contributed by atoms with E-state index in [1.54, 1.807) is 21.9 Å². The third-order valence-electron chi connectivity index (χ3n) is 9.30. The molecule has 1 saturated carbocycles. The van der Waals surface area contributed by atoms with Gasteiger partial charge in [-0.1, -0.05) is 12.5 Å². The highest BCUT2D eigenvalue weighted by atomic mass is 19.1. The zero-order chi connectivity index (χ0) is 31.9. The third-order valence-corrected chi connectivity index (χ3v) is 9.30. The predicted molar refractivity (Wildman–Crippen MR) is 158 cm³/mol. The van der Waals surface area contributed by atoms with Gasteiger partial charge in [0.25, 0.3) is 0 Å². The van der Waals surface area contributed by atoms with Gasteiger partial charge in [-0.25, -0.2) is 9.18 Å². The Hall–Kier alpha value is -2.51. The molecule has 0 aromatic heterocycles. The minimum atomic E-state index is -1.64. The van der Waals surface area contributed by atoms with Crippen molar-refractivity contribution in [3.63, 3.8) is 0 Å². The molecule has 4 rings (SSSR count). The molecule has 2 heterocycles. The average molecular weight is 625 g/mol. The number of benzene rings is 1. The summed E-state index contributed by atoms with van der Waals surface area (Å²) in [6, 6.07) is 4.60. The first-order valence-corrected chi connectivity index (χ1v) is 16.0. The average Bonchev–Trinajstić information content (AvgIpc) is 3.72. The van der Waals surface area contributed by atoms with Gasteiger partial charge >= 0.3 is 6.09 Å². The molecule has 0 radical (unpaired) electrons. The quantitative estimate of drug-likeness (QED) is 0.173. The number of carbonyl (C=O) groups excluding carboxylic acids is 2. The summed E-state index contributed by atoms with van der Waals surface area (Å²) in [5.41, 5.74) is 0.0624. The monoisotopic (exact) mass is 624 g/mol. The lowest BCUT2D eigenvalue weighted by atomic mass is 9.91. The Morgan fingerprint density at radius 1 is 0.977 bits per heavy atom. The first kappa shape index (κ1) is 34.4. The van der Waals surface area contributed by atoms with Crippen molar-refractivity contribution in [1.82, 2.24) is 9.80 Å². The van der Waals surface area contributed by atoms with Crippen LogP contribution in [0.5, 0.6) is 5.75 Å². The van der Waals surface area contributed by atoms with Crippen molar-refractivity contribution in [3.8, 4) is 5.75 Å². The molecule has 5 N–H and O–H groups in total. The van der Waals surface area contributed by atoms with Crippen molar-refractivity contribution < 1.29 is 49.0 Å². The molecule has 0 spiro atoms. The molecule has 3 aliphatic rings. The van der Waals surface area contributed by atoms with Gasteiger partial charge in [0.2, 0.25) is 5.91 Å². The van der Waals surface area contributed by atoms with Crippen LogP contribution in [-0.2, 0) is 16.0 Å². The van der Waals surface area contributed by atoms with Gasteiger partial charge in [0.1, 0.15) is 35.5 Å². The summed E-state index contributed by atoms with van der Waals surface area (Å²) >= 11 is 0. The Morgan fingerprint density at radius 2 is 1.64 bits per heavy atom. The number of halogens is 1. The van der Waals surface area contributed by atoms with Gasteiger partial charge in [-0.05, 0) is 81.8 Å². The van der Waals surface area contributed by atoms with Gasteiger partial charge in [-0.15, -0.1) is 0 Å². The van der Waals surface area contributed by atoms with E-state index in [0.29, 0.717) is 62.9 Å². The summed E-state index contributed by atoms with van der Waals surface area (Å²) in [6.07, 6.45) is 0.843. The minimum absolute atomic E-state index is 0.0414. The molecule has 248 valence electrons. The van der Waals surface area contributed by atoms with Crippen molar-refractivity contribution in [3.05, 3.63) is 29.6 Å². The van der Waals surface area contributed by atoms with Gasteiger partial charge in [0.15, 0.2) is 0 Å². The highest BCUT2D eigenvalue weighted by Crippen LogP contribution is 2.39. The maximum Gasteiger partial charge on any atom is 0.410 e. The van der Waals surface area contributed by atoms with Crippen LogP contribution < -0.4 is 4.74 Å². The molecule has 4 atom stereocenters. The van der Waals surface area contributed by atoms with E-state index in [2.05, 4.69) is 0 Å². The molecule has 0 bridgehead atoms. The van der Waals surface area contributed by atoms with Crippen molar-refractivity contribution in [2.45, 2.75) is 101 Å². The van der Waals surface area contributed by atoms with E-state index in [1.165, 1.54) is 6.07 Å². The van der Waals surface area contributed by atoms with Gasteiger partial charge in [-0.3, -0.25) is 4.79 Å². The standard InChI is InChI=1S/C32H49FN2O9/c1-32(11-12-32)44-31(42)34-13-9-21(10-14-34)5-3-15-43-24-8-7-23(25(33)17-24)16-28(39)35-18-22(19-35)4-2-6-26(37)29(40)30(41)27(38)20-36/h7-8,17,21-22,26-27,29-30,36-38,40-41H,2-6,9-16,18-20H2,1H3/t26-,27+,29+,30+/m0/s1. The van der Waals surface area contributed by atoms with Crippen LogP contribution in [0.2, 0.25) is 0 Å². The Kier molecular flexibility index (Phi) is 12.2. The SMILES string of the molecule is CC1(OC(=O)N2CCC(CCCOc3ccc(CC(=O)N4CC(CCC[C@H](O)[C@@H](O)[C@H](O)[C@H](O)CO)C4)c(F)c3)CC2)CC1. The number of hydrogen-bond acceptors (Lipinski definition) is 9. The van der Waals surface area contributed by atoms with Crippen LogP contribution in [0.1, 0.15) is 70.3 Å². The number of hydrogen-bond donors (Lipinski definition) is 5. The Morgan fingerprint density at radius 3 is 2.27 bits per heavy atom. The van der Waals surface area contributed by atoms with Crippen molar-refractivity contribution in [2.75, 3.05) is 39.4 Å². The van der Waals surface area contributed by atoms with E-state index >= 15 is 0 Å². The first-order valence-electron chi connectivity index (χ1n) is 16.0. The maximum atomic E-state index is 14.7. The molecule has 2 amide bonds. The number of aliphatic hydroxyl groups is 5. The van der Waals surface area contributed by atoms with Crippen LogP contribution in [0.4, 0.5) is 9.18 Å². The van der Waals surface area contributed by atoms with Crippen LogP contribution >= 0.6 is 0 Å². The number of nitrogens with zero attached hydrogens (tertiary/aromatic N) is 2. The third kappa shape index (κ3) is 9.74. The second-order valence-corrected chi connectivity index (χ2v) is 13.1. The van der Waals surface area contributed by atoms with Crippen LogP contribution in [0.25, 0.3) is 0 Å². The number of ether oxygens (including phenoxy) is 2. The molecule has 12 heteroatoms. The molecule has 3 fully saturated rings. The van der Waals surface area contributed by atoms with E-state index in [9.17, 15) is 34.4 Å². The first-order chi connectivity index (χ1) is 21.0. The van der Waals surface area contributed by atoms with Gasteiger partial charge < -0.3 is 44.8 Å². The van der Waals surface area contributed by atoms with E-state index < -0.39 is 36.8 Å². The number of aliphatic hydroxyl groups excluding tert-OH is 5. The lowest BCUT2D eigenvalue weighted by Gasteiger charge is -2.39.